The molecule has 2 nitrogen and oxygen atoms in total. The molecule has 2 atom stereocenters. The van der Waals surface area contributed by atoms with E-state index in [1.807, 2.05) is 0 Å². The van der Waals surface area contributed by atoms with Crippen LogP contribution >= 0.6 is 0 Å². The van der Waals surface area contributed by atoms with E-state index in [2.05, 4.69) is 265 Å². The summed E-state index contributed by atoms with van der Waals surface area (Å²) in [5.41, 5.74) is 16.7. The van der Waals surface area contributed by atoms with E-state index in [0.717, 1.165) is 35.6 Å². The molecule has 10 rings (SSSR count). The summed E-state index contributed by atoms with van der Waals surface area (Å²) in [5, 5.41) is 0. The highest BCUT2D eigenvalue weighted by Gasteiger charge is 2.23. The smallest absolute Gasteiger partial charge is 0.0560 e. The summed E-state index contributed by atoms with van der Waals surface area (Å²) in [6.45, 7) is 0. The van der Waals surface area contributed by atoms with E-state index in [-0.39, 0.29) is 6.04 Å². The van der Waals surface area contributed by atoms with Gasteiger partial charge in [0, 0.05) is 34.2 Å². The number of allylic oxidation sites excluding steroid dienone is 6. The zero-order valence-electron chi connectivity index (χ0n) is 34.7. The lowest BCUT2D eigenvalue weighted by molar-refractivity contribution is 0.787. The molecule has 298 valence electrons. The molecule has 0 spiro atoms. The average Bonchev–Trinajstić information content (AvgIpc) is 3.36. The van der Waals surface area contributed by atoms with E-state index in [4.69, 9.17) is 0 Å². The Hall–Kier alpha value is -7.68. The average molecular weight is 797 g/mol. The number of benzene rings is 8. The van der Waals surface area contributed by atoms with Crippen LogP contribution in [0.15, 0.2) is 255 Å². The van der Waals surface area contributed by atoms with Crippen molar-refractivity contribution in [2.45, 2.75) is 24.8 Å². The van der Waals surface area contributed by atoms with Gasteiger partial charge in [-0.1, -0.05) is 200 Å². The highest BCUT2D eigenvalue weighted by atomic mass is 15.2. The van der Waals surface area contributed by atoms with Gasteiger partial charge in [-0.05, 0) is 112 Å². The van der Waals surface area contributed by atoms with E-state index in [1.54, 1.807) is 0 Å². The molecular weight excluding hydrogens is 749 g/mol. The first-order chi connectivity index (χ1) is 30.8. The van der Waals surface area contributed by atoms with Gasteiger partial charge in [-0.2, -0.15) is 0 Å². The second-order valence-electron chi connectivity index (χ2n) is 16.0. The van der Waals surface area contributed by atoms with Gasteiger partial charge in [0.15, 0.2) is 0 Å². The number of hydrogen-bond acceptors (Lipinski definition) is 2. The molecule has 0 amide bonds. The van der Waals surface area contributed by atoms with Gasteiger partial charge in [-0.3, -0.25) is 0 Å². The second-order valence-corrected chi connectivity index (χ2v) is 16.0. The van der Waals surface area contributed by atoms with Crippen molar-refractivity contribution < 1.29 is 0 Å². The van der Waals surface area contributed by atoms with Gasteiger partial charge in [-0.15, -0.1) is 0 Å². The predicted octanol–water partition coefficient (Wildman–Crippen LogP) is 16.3. The van der Waals surface area contributed by atoms with Crippen molar-refractivity contribution in [3.05, 3.63) is 266 Å². The molecule has 0 radical (unpaired) electrons. The summed E-state index contributed by atoms with van der Waals surface area (Å²) in [4.78, 5) is 4.87. The Bertz CT molecular complexity index is 2870. The normalized spacial score (nSPS) is 15.5. The number of rotatable bonds is 11. The minimum Gasteiger partial charge on any atom is -0.334 e. The molecule has 62 heavy (non-hydrogen) atoms. The molecule has 0 saturated heterocycles. The number of anilines is 5. The minimum atomic E-state index is 0.165. The van der Waals surface area contributed by atoms with Crippen LogP contribution in [0.3, 0.4) is 0 Å². The van der Waals surface area contributed by atoms with Crippen molar-refractivity contribution >= 4 is 34.0 Å². The van der Waals surface area contributed by atoms with Crippen molar-refractivity contribution in [3.8, 4) is 33.4 Å². The predicted molar refractivity (Wildman–Crippen MR) is 264 cm³/mol. The lowest BCUT2D eigenvalue weighted by Crippen LogP contribution is -2.30. The van der Waals surface area contributed by atoms with Crippen molar-refractivity contribution in [2.75, 3.05) is 9.80 Å². The van der Waals surface area contributed by atoms with Crippen molar-refractivity contribution in [3.63, 3.8) is 0 Å². The van der Waals surface area contributed by atoms with E-state index in [1.165, 1.54) is 55.8 Å². The van der Waals surface area contributed by atoms with Gasteiger partial charge in [0.25, 0.3) is 0 Å². The molecule has 2 aliphatic rings. The van der Waals surface area contributed by atoms with Gasteiger partial charge in [0.2, 0.25) is 0 Å². The number of para-hydroxylation sites is 3. The molecule has 2 aliphatic carbocycles. The van der Waals surface area contributed by atoms with Crippen LogP contribution in [0.25, 0.3) is 39.0 Å². The van der Waals surface area contributed by atoms with Gasteiger partial charge in [0.05, 0.1) is 11.7 Å². The standard InChI is InChI=1S/C60H48N2/c1-6-18-45(19-7-1)47-34-38-54(39-35-47)61(52-24-12-4-13-25-52)56-42-43-57(59(44-56)49-22-10-3-11-23-49)50-30-32-51(33-31-50)58-28-16-17-29-60(58)62(53-26-14-5-15-27-53)55-40-36-48(37-41-55)46-20-8-2-9-21-46/h1-20,22-38,40-44,46,54H,21,39H2. The third kappa shape index (κ3) is 8.11. The third-order valence-corrected chi connectivity index (χ3v) is 12.1. The summed E-state index contributed by atoms with van der Waals surface area (Å²) in [6.07, 6.45) is 17.8. The molecule has 0 saturated carbocycles. The van der Waals surface area contributed by atoms with Gasteiger partial charge in [0.1, 0.15) is 0 Å². The third-order valence-electron chi connectivity index (χ3n) is 12.1. The molecule has 8 aromatic carbocycles. The summed E-state index contributed by atoms with van der Waals surface area (Å²) in [5.74, 6) is 0.409. The summed E-state index contributed by atoms with van der Waals surface area (Å²) in [6, 6.07) is 77.2. The quantitative estimate of drug-likeness (QED) is 0.129. The first-order valence-electron chi connectivity index (χ1n) is 21.7. The largest absolute Gasteiger partial charge is 0.334 e. The molecule has 0 aliphatic heterocycles. The van der Waals surface area contributed by atoms with Crippen molar-refractivity contribution in [2.24, 2.45) is 0 Å². The second kappa shape index (κ2) is 17.9. The molecule has 0 fully saturated rings. The lowest BCUT2D eigenvalue weighted by Gasteiger charge is -2.34. The maximum absolute atomic E-state index is 2.49. The topological polar surface area (TPSA) is 6.48 Å². The maximum Gasteiger partial charge on any atom is 0.0560 e. The first kappa shape index (κ1) is 38.5. The highest BCUT2D eigenvalue weighted by molar-refractivity contribution is 5.91. The molecule has 2 unspecified atom stereocenters. The Kier molecular flexibility index (Phi) is 11.1. The Morgan fingerprint density at radius 1 is 0.387 bits per heavy atom. The maximum atomic E-state index is 2.49. The van der Waals surface area contributed by atoms with Gasteiger partial charge < -0.3 is 9.80 Å². The Labute approximate surface area is 366 Å². The van der Waals surface area contributed by atoms with E-state index < -0.39 is 0 Å². The fourth-order valence-corrected chi connectivity index (χ4v) is 9.00. The first-order valence-corrected chi connectivity index (χ1v) is 21.7. The SMILES string of the molecule is C1=CCC(c2ccc(N(c3ccccc3)c3ccccc3-c3ccc(-c4ccc(N(c5ccccc5)C5C=CC(c6ccccc6)=CC5)cc4-c4ccccc4)cc3)cc2)C=C1. The molecule has 2 heteroatoms. The van der Waals surface area contributed by atoms with E-state index in [0.29, 0.717) is 5.92 Å². The van der Waals surface area contributed by atoms with Crippen molar-refractivity contribution in [1.82, 2.24) is 0 Å². The lowest BCUT2D eigenvalue weighted by atomic mass is 9.91. The fraction of sp³-hybridized carbons (Fsp3) is 0.0667. The van der Waals surface area contributed by atoms with Crippen LogP contribution in [-0.2, 0) is 0 Å². The van der Waals surface area contributed by atoms with Crippen LogP contribution in [0.4, 0.5) is 28.4 Å². The van der Waals surface area contributed by atoms with Gasteiger partial charge >= 0.3 is 0 Å². The Morgan fingerprint density at radius 2 is 0.952 bits per heavy atom. The van der Waals surface area contributed by atoms with E-state index in [9.17, 15) is 0 Å². The van der Waals surface area contributed by atoms with Crippen LogP contribution in [-0.4, -0.2) is 6.04 Å². The summed E-state index contributed by atoms with van der Waals surface area (Å²) >= 11 is 0. The minimum absolute atomic E-state index is 0.165. The van der Waals surface area contributed by atoms with Crippen molar-refractivity contribution in [1.29, 1.82) is 0 Å². The Morgan fingerprint density at radius 3 is 1.60 bits per heavy atom. The molecule has 8 aromatic rings. The Balaban J connectivity index is 1.00. The van der Waals surface area contributed by atoms with E-state index >= 15 is 0 Å². The zero-order valence-corrected chi connectivity index (χ0v) is 34.7. The van der Waals surface area contributed by atoms with Crippen LogP contribution in [0.1, 0.15) is 29.9 Å². The highest BCUT2D eigenvalue weighted by Crippen LogP contribution is 2.43. The molecule has 0 bridgehead atoms. The number of nitrogens with zero attached hydrogens (tertiary/aromatic N) is 2. The zero-order chi connectivity index (χ0) is 41.5. The van der Waals surface area contributed by atoms with Crippen LogP contribution in [0.2, 0.25) is 0 Å². The fourth-order valence-electron chi connectivity index (χ4n) is 9.00. The number of hydrogen-bond donors (Lipinski definition) is 0. The van der Waals surface area contributed by atoms with Crippen LogP contribution < -0.4 is 9.80 Å². The summed E-state index contributed by atoms with van der Waals surface area (Å²) < 4.78 is 0. The monoisotopic (exact) mass is 796 g/mol. The van der Waals surface area contributed by atoms with Crippen LogP contribution in [0, 0.1) is 0 Å². The summed E-state index contributed by atoms with van der Waals surface area (Å²) in [7, 11) is 0. The molecule has 0 aromatic heterocycles. The molecule has 0 heterocycles. The molecular formula is C60H48N2. The van der Waals surface area contributed by atoms with Gasteiger partial charge in [-0.25, -0.2) is 0 Å². The molecule has 0 N–H and O–H groups in total. The van der Waals surface area contributed by atoms with Crippen LogP contribution in [0.5, 0.6) is 0 Å².